The lowest BCUT2D eigenvalue weighted by Gasteiger charge is -2.33. The van der Waals surface area contributed by atoms with Crippen molar-refractivity contribution in [1.29, 1.82) is 0 Å². The summed E-state index contributed by atoms with van der Waals surface area (Å²) in [5.74, 6) is 0.368. The number of carbonyl (C=O) groups excluding carboxylic acids is 1. The summed E-state index contributed by atoms with van der Waals surface area (Å²) < 4.78 is 7.47. The van der Waals surface area contributed by atoms with Crippen LogP contribution in [0.4, 0.5) is 4.79 Å². The van der Waals surface area contributed by atoms with Gasteiger partial charge < -0.3 is 9.64 Å². The van der Waals surface area contributed by atoms with E-state index >= 15 is 0 Å². The summed E-state index contributed by atoms with van der Waals surface area (Å²) in [7, 11) is 0. The average molecular weight is 358 g/mol. The van der Waals surface area contributed by atoms with Crippen LogP contribution in [0.3, 0.4) is 0 Å². The SMILES string of the molecule is CC(C)(C)OC(=O)N1CCC(c2ccnc3cc(C(C)(C)C)nn23)CC1. The minimum Gasteiger partial charge on any atom is -0.444 e. The number of hydrogen-bond acceptors (Lipinski definition) is 4. The number of nitrogens with zero attached hydrogens (tertiary/aromatic N) is 4. The second kappa shape index (κ2) is 6.56. The molecule has 3 rings (SSSR count). The number of ether oxygens (including phenoxy) is 1. The molecule has 26 heavy (non-hydrogen) atoms. The lowest BCUT2D eigenvalue weighted by atomic mass is 9.93. The van der Waals surface area contributed by atoms with Crippen LogP contribution in [-0.2, 0) is 10.2 Å². The summed E-state index contributed by atoms with van der Waals surface area (Å²) in [5, 5.41) is 4.81. The predicted octanol–water partition coefficient (Wildman–Crippen LogP) is 4.14. The summed E-state index contributed by atoms with van der Waals surface area (Å²) in [6, 6.07) is 4.12. The molecule has 1 amide bonds. The molecule has 3 heterocycles. The van der Waals surface area contributed by atoms with Crippen molar-refractivity contribution in [1.82, 2.24) is 19.5 Å². The van der Waals surface area contributed by atoms with Crippen molar-refractivity contribution in [3.63, 3.8) is 0 Å². The number of rotatable bonds is 1. The Morgan fingerprint density at radius 2 is 1.81 bits per heavy atom. The van der Waals surface area contributed by atoms with E-state index in [-0.39, 0.29) is 11.5 Å². The van der Waals surface area contributed by atoms with Gasteiger partial charge in [0, 0.05) is 42.4 Å². The van der Waals surface area contributed by atoms with Crippen molar-refractivity contribution >= 4 is 11.7 Å². The van der Waals surface area contributed by atoms with E-state index in [1.54, 1.807) is 0 Å². The Labute approximate surface area is 155 Å². The fourth-order valence-corrected chi connectivity index (χ4v) is 3.27. The third kappa shape index (κ3) is 4.00. The summed E-state index contributed by atoms with van der Waals surface area (Å²) in [5.41, 5.74) is 2.65. The first-order valence-electron chi connectivity index (χ1n) is 9.38. The fraction of sp³-hybridized carbons (Fsp3) is 0.650. The standard InChI is InChI=1S/C20H30N4O2/c1-19(2,3)16-13-17-21-10-7-15(24(17)22-16)14-8-11-23(12-9-14)18(25)26-20(4,5)6/h7,10,13-14H,8-9,11-12H2,1-6H3. The van der Waals surface area contributed by atoms with Gasteiger partial charge in [-0.3, -0.25) is 0 Å². The fourth-order valence-electron chi connectivity index (χ4n) is 3.27. The van der Waals surface area contributed by atoms with Gasteiger partial charge in [0.05, 0.1) is 5.69 Å². The van der Waals surface area contributed by atoms with E-state index in [9.17, 15) is 4.79 Å². The smallest absolute Gasteiger partial charge is 0.410 e. The van der Waals surface area contributed by atoms with Gasteiger partial charge in [-0.25, -0.2) is 14.3 Å². The molecule has 1 aliphatic heterocycles. The first kappa shape index (κ1) is 18.7. The lowest BCUT2D eigenvalue weighted by Crippen LogP contribution is -2.41. The van der Waals surface area contributed by atoms with Gasteiger partial charge in [0.1, 0.15) is 5.60 Å². The quantitative estimate of drug-likeness (QED) is 0.769. The second-order valence-electron chi connectivity index (χ2n) is 9.16. The molecule has 0 unspecified atom stereocenters. The maximum atomic E-state index is 12.3. The van der Waals surface area contributed by atoms with Crippen molar-refractivity contribution < 1.29 is 9.53 Å². The Morgan fingerprint density at radius 3 is 2.38 bits per heavy atom. The molecule has 0 N–H and O–H groups in total. The van der Waals surface area contributed by atoms with E-state index in [4.69, 9.17) is 9.84 Å². The normalized spacial score (nSPS) is 16.9. The van der Waals surface area contributed by atoms with Gasteiger partial charge in [0.25, 0.3) is 0 Å². The molecule has 2 aromatic heterocycles. The molecule has 0 saturated carbocycles. The van der Waals surface area contributed by atoms with Gasteiger partial charge in [-0.15, -0.1) is 0 Å². The average Bonchev–Trinajstić information content (AvgIpc) is 2.98. The molecular weight excluding hydrogens is 328 g/mol. The van der Waals surface area contributed by atoms with Crippen LogP contribution < -0.4 is 0 Å². The molecule has 6 heteroatoms. The number of aromatic nitrogens is 3. The Kier molecular flexibility index (Phi) is 4.71. The van der Waals surface area contributed by atoms with Gasteiger partial charge in [-0.05, 0) is 39.7 Å². The Hall–Kier alpha value is -2.11. The minimum absolute atomic E-state index is 0.00888. The molecule has 0 bridgehead atoms. The summed E-state index contributed by atoms with van der Waals surface area (Å²) >= 11 is 0. The van der Waals surface area contributed by atoms with Crippen LogP contribution in [0.5, 0.6) is 0 Å². The first-order chi connectivity index (χ1) is 12.0. The highest BCUT2D eigenvalue weighted by Crippen LogP contribution is 2.30. The Balaban J connectivity index is 1.76. The lowest BCUT2D eigenvalue weighted by molar-refractivity contribution is 0.0203. The number of likely N-dealkylation sites (tertiary alicyclic amines) is 1. The monoisotopic (exact) mass is 358 g/mol. The van der Waals surface area contributed by atoms with Crippen molar-refractivity contribution in [2.24, 2.45) is 0 Å². The third-order valence-corrected chi connectivity index (χ3v) is 4.72. The molecule has 0 aliphatic carbocycles. The van der Waals surface area contributed by atoms with Gasteiger partial charge in [-0.2, -0.15) is 5.10 Å². The van der Waals surface area contributed by atoms with Gasteiger partial charge in [-0.1, -0.05) is 20.8 Å². The molecule has 1 saturated heterocycles. The molecular formula is C20H30N4O2. The van der Waals surface area contributed by atoms with Crippen LogP contribution in [0, 0.1) is 0 Å². The van der Waals surface area contributed by atoms with Crippen molar-refractivity contribution in [3.8, 4) is 0 Å². The summed E-state index contributed by atoms with van der Waals surface area (Å²) in [6.07, 6.45) is 3.45. The molecule has 1 aliphatic rings. The van der Waals surface area contributed by atoms with Gasteiger partial charge in [0.15, 0.2) is 5.65 Å². The van der Waals surface area contributed by atoms with E-state index in [2.05, 4.69) is 37.9 Å². The number of fused-ring (bicyclic) bond motifs is 1. The van der Waals surface area contributed by atoms with Gasteiger partial charge >= 0.3 is 6.09 Å². The van der Waals surface area contributed by atoms with E-state index in [1.165, 1.54) is 5.69 Å². The first-order valence-corrected chi connectivity index (χ1v) is 9.38. The summed E-state index contributed by atoms with van der Waals surface area (Å²) in [4.78, 5) is 18.5. The number of carbonyl (C=O) groups is 1. The molecule has 0 radical (unpaired) electrons. The Bertz CT molecular complexity index is 790. The number of amides is 1. The molecule has 6 nitrogen and oxygen atoms in total. The predicted molar refractivity (Wildman–Crippen MR) is 101 cm³/mol. The molecule has 2 aromatic rings. The topological polar surface area (TPSA) is 59.7 Å². The Morgan fingerprint density at radius 1 is 1.15 bits per heavy atom. The highest BCUT2D eigenvalue weighted by atomic mass is 16.6. The summed E-state index contributed by atoms with van der Waals surface area (Å²) in [6.45, 7) is 13.6. The molecule has 0 aromatic carbocycles. The van der Waals surface area contributed by atoms with Gasteiger partial charge in [0.2, 0.25) is 0 Å². The van der Waals surface area contributed by atoms with E-state index in [0.29, 0.717) is 19.0 Å². The van der Waals surface area contributed by atoms with Crippen LogP contribution in [-0.4, -0.2) is 44.3 Å². The minimum atomic E-state index is -0.455. The molecule has 0 spiro atoms. The van der Waals surface area contributed by atoms with Crippen molar-refractivity contribution in [2.45, 2.75) is 71.3 Å². The van der Waals surface area contributed by atoms with Crippen LogP contribution in [0.15, 0.2) is 18.3 Å². The van der Waals surface area contributed by atoms with Crippen molar-refractivity contribution in [2.75, 3.05) is 13.1 Å². The molecule has 142 valence electrons. The van der Waals surface area contributed by atoms with Crippen LogP contribution in [0.2, 0.25) is 0 Å². The highest BCUT2D eigenvalue weighted by Gasteiger charge is 2.29. The van der Waals surface area contributed by atoms with E-state index in [1.807, 2.05) is 36.4 Å². The van der Waals surface area contributed by atoms with E-state index < -0.39 is 5.60 Å². The number of hydrogen-bond donors (Lipinski definition) is 0. The number of piperidine rings is 1. The highest BCUT2D eigenvalue weighted by molar-refractivity contribution is 5.68. The maximum Gasteiger partial charge on any atom is 0.410 e. The van der Waals surface area contributed by atoms with Crippen LogP contribution >= 0.6 is 0 Å². The van der Waals surface area contributed by atoms with Crippen molar-refractivity contribution in [3.05, 3.63) is 29.7 Å². The molecule has 1 fully saturated rings. The zero-order valence-corrected chi connectivity index (χ0v) is 16.7. The zero-order valence-electron chi connectivity index (χ0n) is 16.7. The maximum absolute atomic E-state index is 12.3. The van der Waals surface area contributed by atoms with E-state index in [0.717, 1.165) is 24.2 Å². The zero-order chi connectivity index (χ0) is 19.1. The molecule has 0 atom stereocenters. The van der Waals surface area contributed by atoms with Crippen LogP contribution in [0.25, 0.3) is 5.65 Å². The third-order valence-electron chi connectivity index (χ3n) is 4.72. The van der Waals surface area contributed by atoms with Crippen LogP contribution in [0.1, 0.15) is 71.7 Å². The largest absolute Gasteiger partial charge is 0.444 e. The second-order valence-corrected chi connectivity index (χ2v) is 9.16.